The standard InChI is InChI=1S/C9H6ClF2N3/c1-5-8(10)9(12)15(14-5)7-4-2-3-6(11)13-7/h2-4H,1H3. The summed E-state index contributed by atoms with van der Waals surface area (Å²) in [6.45, 7) is 1.56. The predicted octanol–water partition coefficient (Wildman–Crippen LogP) is 2.51. The predicted molar refractivity (Wildman–Crippen MR) is 51.0 cm³/mol. The number of aryl methyl sites for hydroxylation is 1. The minimum atomic E-state index is -0.743. The summed E-state index contributed by atoms with van der Waals surface area (Å²) in [7, 11) is 0. The van der Waals surface area contributed by atoms with Gasteiger partial charge in [0.1, 0.15) is 5.02 Å². The van der Waals surface area contributed by atoms with Crippen molar-refractivity contribution >= 4 is 11.6 Å². The molecule has 0 aliphatic heterocycles. The first-order chi connectivity index (χ1) is 7.09. The molecule has 0 saturated heterocycles. The SMILES string of the molecule is Cc1nn(-c2cccc(F)n2)c(F)c1Cl. The summed E-state index contributed by atoms with van der Waals surface area (Å²) in [5, 5.41) is 3.72. The molecule has 2 aromatic rings. The van der Waals surface area contributed by atoms with E-state index in [9.17, 15) is 8.78 Å². The molecule has 0 radical (unpaired) electrons. The lowest BCUT2D eigenvalue weighted by Gasteiger charge is -1.99. The topological polar surface area (TPSA) is 30.7 Å². The van der Waals surface area contributed by atoms with Gasteiger partial charge in [-0.25, -0.2) is 4.98 Å². The minimum Gasteiger partial charge on any atom is -0.200 e. The second-order valence-electron chi connectivity index (χ2n) is 2.92. The van der Waals surface area contributed by atoms with Crippen LogP contribution in [0.4, 0.5) is 8.78 Å². The van der Waals surface area contributed by atoms with Gasteiger partial charge in [0.15, 0.2) is 5.82 Å². The lowest BCUT2D eigenvalue weighted by Crippen LogP contribution is -2.03. The van der Waals surface area contributed by atoms with E-state index >= 15 is 0 Å². The van der Waals surface area contributed by atoms with Gasteiger partial charge in [0, 0.05) is 0 Å². The van der Waals surface area contributed by atoms with Crippen LogP contribution >= 0.6 is 11.6 Å². The van der Waals surface area contributed by atoms with Crippen molar-refractivity contribution < 1.29 is 8.78 Å². The van der Waals surface area contributed by atoms with E-state index in [1.54, 1.807) is 6.92 Å². The molecule has 0 aromatic carbocycles. The lowest BCUT2D eigenvalue weighted by molar-refractivity contribution is 0.521. The van der Waals surface area contributed by atoms with E-state index in [-0.39, 0.29) is 10.8 Å². The Bertz CT molecular complexity index is 510. The van der Waals surface area contributed by atoms with E-state index < -0.39 is 11.9 Å². The average Bonchev–Trinajstić information content (AvgIpc) is 2.46. The molecule has 0 bridgehead atoms. The monoisotopic (exact) mass is 229 g/mol. The molecule has 2 heterocycles. The van der Waals surface area contributed by atoms with Gasteiger partial charge in [-0.2, -0.15) is 18.6 Å². The molecule has 0 fully saturated rings. The summed E-state index contributed by atoms with van der Waals surface area (Å²) in [4.78, 5) is 3.49. The van der Waals surface area contributed by atoms with Gasteiger partial charge in [0.25, 0.3) is 0 Å². The molecule has 0 unspecified atom stereocenters. The molecule has 2 rings (SSSR count). The lowest BCUT2D eigenvalue weighted by atomic mass is 10.4. The normalized spacial score (nSPS) is 10.7. The fourth-order valence-electron chi connectivity index (χ4n) is 1.15. The van der Waals surface area contributed by atoms with Crippen molar-refractivity contribution in [2.45, 2.75) is 6.92 Å². The Labute approximate surface area is 89.3 Å². The van der Waals surface area contributed by atoms with Crippen molar-refractivity contribution in [2.75, 3.05) is 0 Å². The summed E-state index contributed by atoms with van der Waals surface area (Å²) >= 11 is 5.61. The average molecular weight is 230 g/mol. The van der Waals surface area contributed by atoms with Gasteiger partial charge in [-0.15, -0.1) is 0 Å². The van der Waals surface area contributed by atoms with Crippen LogP contribution < -0.4 is 0 Å². The van der Waals surface area contributed by atoms with Crippen molar-refractivity contribution in [3.63, 3.8) is 0 Å². The van der Waals surface area contributed by atoms with E-state index in [4.69, 9.17) is 11.6 Å². The second-order valence-corrected chi connectivity index (χ2v) is 3.30. The van der Waals surface area contributed by atoms with Crippen molar-refractivity contribution in [1.82, 2.24) is 14.8 Å². The molecule has 2 aromatic heterocycles. The van der Waals surface area contributed by atoms with Gasteiger partial charge < -0.3 is 0 Å². The molecule has 0 aliphatic rings. The molecule has 15 heavy (non-hydrogen) atoms. The van der Waals surface area contributed by atoms with Crippen LogP contribution in [0, 0.1) is 18.8 Å². The van der Waals surface area contributed by atoms with Crippen LogP contribution in [0.1, 0.15) is 5.69 Å². The first-order valence-electron chi connectivity index (χ1n) is 4.13. The largest absolute Gasteiger partial charge is 0.236 e. The first kappa shape index (κ1) is 10.0. The van der Waals surface area contributed by atoms with Crippen molar-refractivity contribution in [1.29, 1.82) is 0 Å². The minimum absolute atomic E-state index is 0.0579. The Hall–Kier alpha value is -1.49. The molecule has 0 aliphatic carbocycles. The third-order valence-corrected chi connectivity index (χ3v) is 2.28. The van der Waals surface area contributed by atoms with Crippen molar-refractivity contribution in [3.05, 3.63) is 40.8 Å². The number of rotatable bonds is 1. The van der Waals surface area contributed by atoms with E-state index in [0.717, 1.165) is 4.68 Å². The Balaban J connectivity index is 2.59. The summed E-state index contributed by atoms with van der Waals surface area (Å²) in [5.74, 6) is -1.38. The molecular weight excluding hydrogens is 224 g/mol. The zero-order chi connectivity index (χ0) is 11.0. The van der Waals surface area contributed by atoms with Crippen LogP contribution in [0.2, 0.25) is 5.02 Å². The molecule has 0 spiro atoms. The molecular formula is C9H6ClF2N3. The van der Waals surface area contributed by atoms with Crippen molar-refractivity contribution in [2.24, 2.45) is 0 Å². The zero-order valence-electron chi connectivity index (χ0n) is 7.71. The van der Waals surface area contributed by atoms with Crippen LogP contribution in [0.25, 0.3) is 5.82 Å². The first-order valence-corrected chi connectivity index (χ1v) is 4.51. The van der Waals surface area contributed by atoms with E-state index in [2.05, 4.69) is 10.1 Å². The maximum Gasteiger partial charge on any atom is 0.236 e. The number of aromatic nitrogens is 3. The highest BCUT2D eigenvalue weighted by atomic mass is 35.5. The fraction of sp³-hybridized carbons (Fsp3) is 0.111. The maximum atomic E-state index is 13.4. The van der Waals surface area contributed by atoms with Gasteiger partial charge in [0.2, 0.25) is 11.9 Å². The Kier molecular flexibility index (Phi) is 2.40. The van der Waals surface area contributed by atoms with Crippen LogP contribution in [-0.4, -0.2) is 14.8 Å². The smallest absolute Gasteiger partial charge is 0.200 e. The van der Waals surface area contributed by atoms with Crippen LogP contribution in [0.15, 0.2) is 18.2 Å². The maximum absolute atomic E-state index is 13.4. The van der Waals surface area contributed by atoms with Gasteiger partial charge in [-0.1, -0.05) is 17.7 Å². The molecule has 0 atom stereocenters. The second kappa shape index (κ2) is 3.58. The van der Waals surface area contributed by atoms with Crippen LogP contribution in [-0.2, 0) is 0 Å². The highest BCUT2D eigenvalue weighted by Gasteiger charge is 2.15. The zero-order valence-corrected chi connectivity index (χ0v) is 8.46. The highest BCUT2D eigenvalue weighted by molar-refractivity contribution is 6.31. The van der Waals surface area contributed by atoms with E-state index in [0.29, 0.717) is 5.69 Å². The van der Waals surface area contributed by atoms with Crippen molar-refractivity contribution in [3.8, 4) is 5.82 Å². The molecule has 0 N–H and O–H groups in total. The molecule has 6 heteroatoms. The van der Waals surface area contributed by atoms with E-state index in [1.165, 1.54) is 18.2 Å². The quantitative estimate of drug-likeness (QED) is 0.704. The van der Waals surface area contributed by atoms with Gasteiger partial charge in [0.05, 0.1) is 5.69 Å². The molecule has 78 valence electrons. The third kappa shape index (κ3) is 1.70. The fourth-order valence-corrected chi connectivity index (χ4v) is 1.27. The van der Waals surface area contributed by atoms with Gasteiger partial charge in [-0.05, 0) is 19.1 Å². The number of nitrogens with zero attached hydrogens (tertiary/aromatic N) is 3. The third-order valence-electron chi connectivity index (χ3n) is 1.85. The Morgan fingerprint density at radius 1 is 1.33 bits per heavy atom. The molecule has 3 nitrogen and oxygen atoms in total. The highest BCUT2D eigenvalue weighted by Crippen LogP contribution is 2.20. The Morgan fingerprint density at radius 2 is 2.07 bits per heavy atom. The summed E-state index contributed by atoms with van der Waals surface area (Å²) < 4.78 is 27.1. The number of halogens is 3. The summed E-state index contributed by atoms with van der Waals surface area (Å²) in [6.07, 6.45) is 0. The number of hydrogen-bond donors (Lipinski definition) is 0. The van der Waals surface area contributed by atoms with Crippen LogP contribution in [0.3, 0.4) is 0 Å². The van der Waals surface area contributed by atoms with Crippen LogP contribution in [0.5, 0.6) is 0 Å². The van der Waals surface area contributed by atoms with Gasteiger partial charge in [-0.3, -0.25) is 0 Å². The number of pyridine rings is 1. The van der Waals surface area contributed by atoms with Gasteiger partial charge >= 0.3 is 0 Å². The number of hydrogen-bond acceptors (Lipinski definition) is 2. The molecule has 0 saturated carbocycles. The van der Waals surface area contributed by atoms with E-state index in [1.807, 2.05) is 0 Å². The Morgan fingerprint density at radius 3 is 2.60 bits per heavy atom. The summed E-state index contributed by atoms with van der Waals surface area (Å²) in [6, 6.07) is 4.02. The molecule has 0 amide bonds. The summed E-state index contributed by atoms with van der Waals surface area (Å²) in [5.41, 5.74) is 0.334.